The van der Waals surface area contributed by atoms with Crippen molar-refractivity contribution in [2.45, 2.75) is 6.54 Å². The van der Waals surface area contributed by atoms with E-state index >= 15 is 0 Å². The number of aryl methyl sites for hydroxylation is 1. The van der Waals surface area contributed by atoms with Crippen molar-refractivity contribution in [1.29, 1.82) is 0 Å². The highest BCUT2D eigenvalue weighted by atomic mass is 19.1. The van der Waals surface area contributed by atoms with E-state index < -0.39 is 0 Å². The Morgan fingerprint density at radius 2 is 1.92 bits per heavy atom. The van der Waals surface area contributed by atoms with E-state index in [1.807, 2.05) is 37.6 Å². The van der Waals surface area contributed by atoms with Crippen LogP contribution in [-0.2, 0) is 13.6 Å². The number of nitrogens with zero attached hydrogens (tertiary/aromatic N) is 4. The zero-order chi connectivity index (χ0) is 16.7. The standard InChI is InChI=1S/C18H16FN5/c1-23-10-15(9-22-23)14-6-16(18-4-5-21-24(18)11-14)12-2-3-13(8-20)17(19)7-12/h2-7,9-11H,8,20H2,1H3. The van der Waals surface area contributed by atoms with E-state index in [-0.39, 0.29) is 12.4 Å². The Labute approximate surface area is 138 Å². The fraction of sp³-hybridized carbons (Fsp3) is 0.111. The van der Waals surface area contributed by atoms with Crippen molar-refractivity contribution in [3.8, 4) is 22.3 Å². The summed E-state index contributed by atoms with van der Waals surface area (Å²) in [6.45, 7) is 0.184. The smallest absolute Gasteiger partial charge is 0.128 e. The predicted molar refractivity (Wildman–Crippen MR) is 90.7 cm³/mol. The number of benzene rings is 1. The molecule has 0 unspecified atom stereocenters. The highest BCUT2D eigenvalue weighted by Crippen LogP contribution is 2.31. The second kappa shape index (κ2) is 5.58. The lowest BCUT2D eigenvalue weighted by Gasteiger charge is -2.09. The molecule has 1 aromatic carbocycles. The lowest BCUT2D eigenvalue weighted by molar-refractivity contribution is 0.611. The van der Waals surface area contributed by atoms with Crippen LogP contribution < -0.4 is 5.73 Å². The molecule has 4 rings (SSSR count). The number of hydrogen-bond donors (Lipinski definition) is 1. The Morgan fingerprint density at radius 3 is 2.62 bits per heavy atom. The minimum Gasteiger partial charge on any atom is -0.326 e. The summed E-state index contributed by atoms with van der Waals surface area (Å²) in [6, 6.07) is 9.09. The summed E-state index contributed by atoms with van der Waals surface area (Å²) in [7, 11) is 1.87. The van der Waals surface area contributed by atoms with Gasteiger partial charge in [-0.1, -0.05) is 12.1 Å². The molecule has 0 bridgehead atoms. The average molecular weight is 321 g/mol. The molecule has 0 saturated heterocycles. The van der Waals surface area contributed by atoms with Gasteiger partial charge in [-0.3, -0.25) is 4.68 Å². The maximum absolute atomic E-state index is 14.2. The third-order valence-electron chi connectivity index (χ3n) is 4.13. The summed E-state index contributed by atoms with van der Waals surface area (Å²) in [4.78, 5) is 0. The van der Waals surface area contributed by atoms with Crippen LogP contribution in [0.15, 0.2) is 55.1 Å². The number of rotatable bonds is 3. The van der Waals surface area contributed by atoms with Crippen LogP contribution in [0.3, 0.4) is 0 Å². The maximum Gasteiger partial charge on any atom is 0.128 e. The molecule has 2 N–H and O–H groups in total. The fourth-order valence-electron chi connectivity index (χ4n) is 2.87. The highest BCUT2D eigenvalue weighted by Gasteiger charge is 2.12. The lowest BCUT2D eigenvalue weighted by Crippen LogP contribution is -2.00. The molecule has 0 fully saturated rings. The molecule has 0 aliphatic carbocycles. The van der Waals surface area contributed by atoms with Gasteiger partial charge in [0.1, 0.15) is 5.82 Å². The number of hydrogen-bond acceptors (Lipinski definition) is 3. The Kier molecular flexibility index (Phi) is 3.39. The van der Waals surface area contributed by atoms with Crippen molar-refractivity contribution >= 4 is 5.52 Å². The van der Waals surface area contributed by atoms with E-state index in [4.69, 9.17) is 5.73 Å². The zero-order valence-corrected chi connectivity index (χ0v) is 13.1. The van der Waals surface area contributed by atoms with E-state index in [0.29, 0.717) is 5.56 Å². The van der Waals surface area contributed by atoms with Crippen LogP contribution >= 0.6 is 0 Å². The number of halogens is 1. The zero-order valence-electron chi connectivity index (χ0n) is 13.1. The lowest BCUT2D eigenvalue weighted by atomic mass is 10.00. The van der Waals surface area contributed by atoms with Crippen LogP contribution in [0, 0.1) is 5.82 Å². The van der Waals surface area contributed by atoms with Crippen molar-refractivity contribution in [2.75, 3.05) is 0 Å². The van der Waals surface area contributed by atoms with Gasteiger partial charge in [0, 0.05) is 54.4 Å². The Morgan fingerprint density at radius 1 is 1.04 bits per heavy atom. The molecule has 0 amide bonds. The molecule has 120 valence electrons. The van der Waals surface area contributed by atoms with Crippen molar-refractivity contribution in [1.82, 2.24) is 19.4 Å². The summed E-state index contributed by atoms with van der Waals surface area (Å²) >= 11 is 0. The summed E-state index contributed by atoms with van der Waals surface area (Å²) in [5, 5.41) is 8.54. The normalized spacial score (nSPS) is 11.3. The molecular weight excluding hydrogens is 305 g/mol. The van der Waals surface area contributed by atoms with E-state index in [0.717, 1.165) is 27.8 Å². The summed E-state index contributed by atoms with van der Waals surface area (Å²) < 4.78 is 17.7. The molecule has 0 aliphatic rings. The van der Waals surface area contributed by atoms with Gasteiger partial charge in [-0.15, -0.1) is 0 Å². The van der Waals surface area contributed by atoms with Crippen LogP contribution in [-0.4, -0.2) is 19.4 Å². The number of pyridine rings is 1. The first-order chi connectivity index (χ1) is 11.7. The average Bonchev–Trinajstić information content (AvgIpc) is 3.22. The monoisotopic (exact) mass is 321 g/mol. The van der Waals surface area contributed by atoms with Gasteiger partial charge in [0.2, 0.25) is 0 Å². The van der Waals surface area contributed by atoms with Gasteiger partial charge in [0.15, 0.2) is 0 Å². The van der Waals surface area contributed by atoms with Crippen LogP contribution in [0.5, 0.6) is 0 Å². The number of nitrogens with two attached hydrogens (primary N) is 1. The minimum absolute atomic E-state index is 0.184. The summed E-state index contributed by atoms with van der Waals surface area (Å²) in [5.74, 6) is -0.292. The van der Waals surface area contributed by atoms with E-state index in [2.05, 4.69) is 10.2 Å². The quantitative estimate of drug-likeness (QED) is 0.631. The first-order valence-corrected chi connectivity index (χ1v) is 7.61. The van der Waals surface area contributed by atoms with Crippen molar-refractivity contribution in [3.63, 3.8) is 0 Å². The molecule has 6 heteroatoms. The van der Waals surface area contributed by atoms with Crippen LogP contribution in [0.25, 0.3) is 27.8 Å². The number of fused-ring (bicyclic) bond motifs is 1. The molecule has 24 heavy (non-hydrogen) atoms. The predicted octanol–water partition coefficient (Wildman–Crippen LogP) is 3.00. The number of aromatic nitrogens is 4. The SMILES string of the molecule is Cn1cc(-c2cc(-c3ccc(CN)c(F)c3)c3ccnn3c2)cn1. The van der Waals surface area contributed by atoms with Crippen molar-refractivity contribution in [3.05, 3.63) is 66.5 Å². The van der Waals surface area contributed by atoms with E-state index in [1.165, 1.54) is 6.07 Å². The van der Waals surface area contributed by atoms with Crippen molar-refractivity contribution in [2.24, 2.45) is 12.8 Å². The molecule has 0 atom stereocenters. The van der Waals surface area contributed by atoms with E-state index in [1.54, 1.807) is 27.7 Å². The molecule has 3 heterocycles. The third-order valence-corrected chi connectivity index (χ3v) is 4.13. The molecule has 0 aliphatic heterocycles. The largest absolute Gasteiger partial charge is 0.326 e. The first-order valence-electron chi connectivity index (χ1n) is 7.61. The van der Waals surface area contributed by atoms with E-state index in [9.17, 15) is 4.39 Å². The molecule has 5 nitrogen and oxygen atoms in total. The van der Waals surface area contributed by atoms with Gasteiger partial charge in [0.25, 0.3) is 0 Å². The fourth-order valence-corrected chi connectivity index (χ4v) is 2.87. The Bertz CT molecular complexity index is 1030. The molecule has 4 aromatic rings. The second-order valence-corrected chi connectivity index (χ2v) is 5.72. The molecule has 0 spiro atoms. The third kappa shape index (κ3) is 2.37. The second-order valence-electron chi connectivity index (χ2n) is 5.72. The van der Waals surface area contributed by atoms with Crippen molar-refractivity contribution < 1.29 is 4.39 Å². The topological polar surface area (TPSA) is 61.1 Å². The van der Waals surface area contributed by atoms with Gasteiger partial charge >= 0.3 is 0 Å². The molecule has 3 aromatic heterocycles. The van der Waals surface area contributed by atoms with Gasteiger partial charge in [-0.05, 0) is 23.8 Å². The van der Waals surface area contributed by atoms with Gasteiger partial charge in [-0.2, -0.15) is 10.2 Å². The summed E-state index contributed by atoms with van der Waals surface area (Å²) in [6.07, 6.45) is 7.41. The Hall–Kier alpha value is -2.99. The van der Waals surface area contributed by atoms with Crippen LogP contribution in [0.4, 0.5) is 4.39 Å². The molecular formula is C18H16FN5. The van der Waals surface area contributed by atoms with Gasteiger partial charge < -0.3 is 5.73 Å². The first kappa shape index (κ1) is 14.6. The maximum atomic E-state index is 14.2. The Balaban J connectivity index is 1.93. The highest BCUT2D eigenvalue weighted by molar-refractivity contribution is 5.84. The van der Waals surface area contributed by atoms with Gasteiger partial charge in [0.05, 0.1) is 11.7 Å². The minimum atomic E-state index is -0.292. The molecule has 0 saturated carbocycles. The molecule has 0 radical (unpaired) electrons. The van der Waals surface area contributed by atoms with Crippen LogP contribution in [0.1, 0.15) is 5.56 Å². The van der Waals surface area contributed by atoms with Crippen LogP contribution in [0.2, 0.25) is 0 Å². The van der Waals surface area contributed by atoms with Gasteiger partial charge in [-0.25, -0.2) is 8.91 Å². The summed E-state index contributed by atoms with van der Waals surface area (Å²) in [5.41, 5.74) is 10.6.